The molecule has 0 rings (SSSR count). The van der Waals surface area contributed by atoms with Crippen LogP contribution < -0.4 is 0 Å². The molecule has 0 bridgehead atoms. The molecular formula is C7H16NNaO2S3. The van der Waals surface area contributed by atoms with Crippen LogP contribution in [0.1, 0.15) is 13.8 Å². The van der Waals surface area contributed by atoms with Crippen LogP contribution in [-0.4, -0.2) is 68.7 Å². The summed E-state index contributed by atoms with van der Waals surface area (Å²) in [6.45, 7) is 6.04. The number of hydrogen-bond acceptors (Lipinski definition) is 3. The van der Waals surface area contributed by atoms with Gasteiger partial charge in [-0.05, 0) is 13.8 Å². The van der Waals surface area contributed by atoms with Gasteiger partial charge < -0.3 is 10.0 Å². The second-order valence-corrected chi connectivity index (χ2v) is 3.44. The molecule has 0 atom stereocenters. The van der Waals surface area contributed by atoms with Gasteiger partial charge in [-0.15, -0.1) is 12.6 Å². The first-order valence-electron chi connectivity index (χ1n) is 3.80. The van der Waals surface area contributed by atoms with Crippen molar-refractivity contribution >= 4 is 77.3 Å². The predicted octanol–water partition coefficient (Wildman–Crippen LogP) is 0.895. The summed E-state index contributed by atoms with van der Waals surface area (Å²) in [4.78, 5) is 11.3. The Balaban J connectivity index is -0.000000177. The Labute approximate surface area is 124 Å². The Morgan fingerprint density at radius 3 is 1.71 bits per heavy atom. The molecule has 0 fully saturated rings. The maximum atomic E-state index is 9.29. The fourth-order valence-electron chi connectivity index (χ4n) is 0.494. The molecule has 0 aliphatic heterocycles. The molecule has 1 N–H and O–H groups in total. The number of carboxylic acids is 1. The molecule has 7 heteroatoms. The van der Waals surface area contributed by atoms with Gasteiger partial charge in [-0.25, -0.2) is 0 Å². The number of carboxylic acid groups (broad SMARTS) is 1. The number of carbonyl (C=O) groups is 1. The van der Waals surface area contributed by atoms with Crippen LogP contribution in [0.3, 0.4) is 0 Å². The summed E-state index contributed by atoms with van der Waals surface area (Å²) in [5.74, 6) is -0.965. The summed E-state index contributed by atoms with van der Waals surface area (Å²) in [5.41, 5.74) is 0. The topological polar surface area (TPSA) is 40.5 Å². The van der Waals surface area contributed by atoms with Crippen molar-refractivity contribution < 1.29 is 9.90 Å². The van der Waals surface area contributed by atoms with Gasteiger partial charge in [0.1, 0.15) is 4.32 Å². The van der Waals surface area contributed by atoms with Crippen molar-refractivity contribution in [1.29, 1.82) is 0 Å². The van der Waals surface area contributed by atoms with E-state index >= 15 is 0 Å². The number of rotatable bonds is 3. The number of thiocarbonyl (C=S) groups is 1. The number of nitrogens with zero attached hydrogens (tertiary/aromatic N) is 1. The Hall–Kier alpha value is 1.06. The average Bonchev–Trinajstić information content (AvgIpc) is 2.07. The summed E-state index contributed by atoms with van der Waals surface area (Å²) in [6.07, 6.45) is 0. The molecule has 0 heterocycles. The third-order valence-electron chi connectivity index (χ3n) is 1.17. The Kier molecular flexibility index (Phi) is 20.6. The minimum atomic E-state index is -0.881. The zero-order chi connectivity index (χ0) is 10.9. The molecule has 0 unspecified atom stereocenters. The predicted molar refractivity (Wildman–Crippen MR) is 73.1 cm³/mol. The van der Waals surface area contributed by atoms with Crippen LogP contribution in [0, 0.1) is 0 Å². The van der Waals surface area contributed by atoms with Crippen LogP contribution in [0.5, 0.6) is 0 Å². The van der Waals surface area contributed by atoms with Crippen LogP contribution in [0.2, 0.25) is 0 Å². The summed E-state index contributed by atoms with van der Waals surface area (Å²) in [5, 5.41) is 7.65. The fourth-order valence-corrected chi connectivity index (χ4v) is 1.04. The minimum absolute atomic E-state index is 0. The first-order chi connectivity index (χ1) is 5.99. The molecule has 0 aromatic carbocycles. The van der Waals surface area contributed by atoms with E-state index in [2.05, 4.69) is 39.1 Å². The molecule has 3 nitrogen and oxygen atoms in total. The molecule has 0 radical (unpaired) electrons. The van der Waals surface area contributed by atoms with E-state index in [1.165, 1.54) is 0 Å². The van der Waals surface area contributed by atoms with E-state index in [0.29, 0.717) is 4.32 Å². The Bertz CT molecular complexity index is 165. The van der Waals surface area contributed by atoms with Gasteiger partial charge in [0.15, 0.2) is 0 Å². The van der Waals surface area contributed by atoms with Crippen molar-refractivity contribution in [3.8, 4) is 0 Å². The van der Waals surface area contributed by atoms with Crippen molar-refractivity contribution in [1.82, 2.24) is 4.90 Å². The van der Waals surface area contributed by atoms with Crippen molar-refractivity contribution in [2.75, 3.05) is 18.8 Å². The van der Waals surface area contributed by atoms with E-state index in [1.807, 2.05) is 4.90 Å². The zero-order valence-electron chi connectivity index (χ0n) is 7.73. The summed E-state index contributed by atoms with van der Waals surface area (Å²) in [7, 11) is 0. The fraction of sp³-hybridized carbons (Fsp3) is 0.714. The third kappa shape index (κ3) is 15.5. The van der Waals surface area contributed by atoms with Gasteiger partial charge in [-0.1, -0.05) is 12.2 Å². The molecule has 0 spiro atoms. The summed E-state index contributed by atoms with van der Waals surface area (Å²) >= 11 is 12.2. The molecule has 80 valence electrons. The van der Waals surface area contributed by atoms with Crippen LogP contribution in [0.4, 0.5) is 0 Å². The molecule has 0 amide bonds. The quantitative estimate of drug-likeness (QED) is 0.403. The molecular weight excluding hydrogens is 249 g/mol. The monoisotopic (exact) mass is 265 g/mol. The summed E-state index contributed by atoms with van der Waals surface area (Å²) in [6, 6.07) is 0. The van der Waals surface area contributed by atoms with Gasteiger partial charge >= 0.3 is 35.5 Å². The van der Waals surface area contributed by atoms with Crippen LogP contribution >= 0.6 is 37.5 Å². The van der Waals surface area contributed by atoms with E-state index in [9.17, 15) is 4.79 Å². The van der Waals surface area contributed by atoms with Gasteiger partial charge in [0.25, 0.3) is 0 Å². The average molecular weight is 265 g/mol. The second kappa shape index (κ2) is 14.1. The van der Waals surface area contributed by atoms with Gasteiger partial charge in [0.05, 0.1) is 5.75 Å². The number of hydrogen-bond donors (Lipinski definition) is 3. The van der Waals surface area contributed by atoms with Crippen molar-refractivity contribution in [3.05, 3.63) is 0 Å². The zero-order valence-corrected chi connectivity index (χ0v) is 10.3. The third-order valence-corrected chi connectivity index (χ3v) is 1.98. The normalized spacial score (nSPS) is 7.71. The second-order valence-electron chi connectivity index (χ2n) is 2.01. The Morgan fingerprint density at radius 2 is 1.71 bits per heavy atom. The van der Waals surface area contributed by atoms with Crippen LogP contribution in [-0.2, 0) is 4.79 Å². The van der Waals surface area contributed by atoms with Crippen molar-refractivity contribution in [3.63, 3.8) is 0 Å². The van der Waals surface area contributed by atoms with E-state index in [4.69, 9.17) is 17.3 Å². The van der Waals surface area contributed by atoms with E-state index in [-0.39, 0.29) is 35.3 Å². The first kappa shape index (κ1) is 20.5. The van der Waals surface area contributed by atoms with Crippen LogP contribution in [0.15, 0.2) is 0 Å². The summed E-state index contributed by atoms with van der Waals surface area (Å²) < 4.78 is 0.690. The van der Waals surface area contributed by atoms with Gasteiger partial charge in [-0.3, -0.25) is 4.79 Å². The number of aliphatic carboxylic acids is 1. The van der Waals surface area contributed by atoms with Gasteiger partial charge in [-0.2, -0.15) is 12.6 Å². The maximum absolute atomic E-state index is 9.29. The van der Waals surface area contributed by atoms with E-state index in [1.54, 1.807) is 0 Å². The number of thiol groups is 2. The molecule has 0 aliphatic rings. The van der Waals surface area contributed by atoms with Crippen molar-refractivity contribution in [2.24, 2.45) is 0 Å². The van der Waals surface area contributed by atoms with Gasteiger partial charge in [0.2, 0.25) is 0 Å². The standard InChI is InChI=1S/C5H11NS2.C2H4O2S.Na.H/c1-3-6(4-2)5(7)8;3-2(4)1-5;;/h3-4H2,1-2H3,(H,7,8);5H,1H2,(H,3,4);;. The SMILES string of the molecule is CCN(CC)C(=S)S.O=C(O)CS.[NaH]. The van der Waals surface area contributed by atoms with Crippen LogP contribution in [0.25, 0.3) is 0 Å². The van der Waals surface area contributed by atoms with E-state index < -0.39 is 5.97 Å². The molecule has 0 aromatic rings. The molecule has 0 aliphatic carbocycles. The molecule has 0 aromatic heterocycles. The van der Waals surface area contributed by atoms with E-state index in [0.717, 1.165) is 13.1 Å². The Morgan fingerprint density at radius 1 is 1.43 bits per heavy atom. The van der Waals surface area contributed by atoms with Crippen molar-refractivity contribution in [2.45, 2.75) is 13.8 Å². The molecule has 14 heavy (non-hydrogen) atoms. The first-order valence-corrected chi connectivity index (χ1v) is 5.28. The molecule has 0 saturated heterocycles. The molecule has 0 saturated carbocycles. The van der Waals surface area contributed by atoms with Gasteiger partial charge in [0, 0.05) is 13.1 Å².